The lowest BCUT2D eigenvalue weighted by atomic mass is 10.1. The number of rotatable bonds is 4. The minimum atomic E-state index is -0.409. The van der Waals surface area contributed by atoms with E-state index >= 15 is 0 Å². The summed E-state index contributed by atoms with van der Waals surface area (Å²) in [5.74, 6) is 0.299. The Morgan fingerprint density at radius 3 is 2.61 bits per heavy atom. The molecule has 2 aromatic rings. The van der Waals surface area contributed by atoms with Gasteiger partial charge in [0.15, 0.2) is 0 Å². The lowest BCUT2D eigenvalue weighted by Crippen LogP contribution is -2.27. The standard InChI is InChI=1S/C18H16N2O3/c1-23-15-9-5-8-14(10-15)11-16-17(21)19-18(22)20(16)12-13-6-3-2-4-7-13/h2-11H,12H2,1H3,(H,19,21,22)/b16-11-. The number of imide groups is 1. The molecule has 1 N–H and O–H groups in total. The topological polar surface area (TPSA) is 58.6 Å². The lowest BCUT2D eigenvalue weighted by molar-refractivity contribution is -0.116. The van der Waals surface area contributed by atoms with Crippen molar-refractivity contribution in [1.29, 1.82) is 0 Å². The molecule has 0 bridgehead atoms. The SMILES string of the molecule is COc1cccc(/C=C2/C(=O)NC(=O)N2Cc2ccccc2)c1. The van der Waals surface area contributed by atoms with E-state index in [4.69, 9.17) is 4.74 Å². The predicted octanol–water partition coefficient (Wildman–Crippen LogP) is 2.79. The maximum atomic E-state index is 12.1. The number of nitrogens with one attached hydrogen (secondary N) is 1. The van der Waals surface area contributed by atoms with E-state index in [1.807, 2.05) is 54.6 Å². The molecular weight excluding hydrogens is 292 g/mol. The van der Waals surface area contributed by atoms with Gasteiger partial charge in [0.1, 0.15) is 11.4 Å². The number of benzene rings is 2. The van der Waals surface area contributed by atoms with Crippen molar-refractivity contribution in [3.8, 4) is 5.75 Å². The number of carbonyl (C=O) groups is 2. The number of hydrogen-bond acceptors (Lipinski definition) is 3. The molecule has 0 radical (unpaired) electrons. The van der Waals surface area contributed by atoms with Crippen LogP contribution in [0.1, 0.15) is 11.1 Å². The Morgan fingerprint density at radius 2 is 1.87 bits per heavy atom. The van der Waals surface area contributed by atoms with E-state index in [0.717, 1.165) is 11.1 Å². The highest BCUT2D eigenvalue weighted by atomic mass is 16.5. The average Bonchev–Trinajstić information content (AvgIpc) is 2.83. The zero-order valence-electron chi connectivity index (χ0n) is 12.7. The van der Waals surface area contributed by atoms with Gasteiger partial charge in [0.2, 0.25) is 0 Å². The molecule has 1 aliphatic rings. The second-order valence-corrected chi connectivity index (χ2v) is 5.14. The van der Waals surface area contributed by atoms with Crippen molar-refractivity contribution < 1.29 is 14.3 Å². The molecule has 0 spiro atoms. The summed E-state index contributed by atoms with van der Waals surface area (Å²) in [5, 5.41) is 2.33. The van der Waals surface area contributed by atoms with Gasteiger partial charge in [-0.25, -0.2) is 4.79 Å². The van der Waals surface area contributed by atoms with Gasteiger partial charge >= 0.3 is 6.03 Å². The number of carbonyl (C=O) groups excluding carboxylic acids is 2. The molecule has 5 heteroatoms. The first-order chi connectivity index (χ1) is 11.2. The van der Waals surface area contributed by atoms with E-state index in [1.54, 1.807) is 13.2 Å². The van der Waals surface area contributed by atoms with Gasteiger partial charge < -0.3 is 4.74 Å². The highest BCUT2D eigenvalue weighted by Crippen LogP contribution is 2.21. The third kappa shape index (κ3) is 3.23. The first-order valence-corrected chi connectivity index (χ1v) is 7.20. The molecule has 0 atom stereocenters. The van der Waals surface area contributed by atoms with Crippen LogP contribution in [-0.4, -0.2) is 23.9 Å². The number of nitrogens with zero attached hydrogens (tertiary/aromatic N) is 1. The minimum absolute atomic E-state index is 0.326. The van der Waals surface area contributed by atoms with Crippen LogP contribution in [0.25, 0.3) is 6.08 Å². The van der Waals surface area contributed by atoms with Crippen molar-refractivity contribution >= 4 is 18.0 Å². The van der Waals surface area contributed by atoms with Crippen molar-refractivity contribution in [3.05, 3.63) is 71.4 Å². The predicted molar refractivity (Wildman–Crippen MR) is 86.5 cm³/mol. The molecule has 2 aromatic carbocycles. The van der Waals surface area contributed by atoms with Gasteiger partial charge in [-0.1, -0.05) is 42.5 Å². The quantitative estimate of drug-likeness (QED) is 0.698. The Hall–Kier alpha value is -3.08. The smallest absolute Gasteiger partial charge is 0.329 e. The Kier molecular flexibility index (Phi) is 4.10. The summed E-state index contributed by atoms with van der Waals surface area (Å²) in [6, 6.07) is 16.5. The molecule has 1 fully saturated rings. The summed E-state index contributed by atoms with van der Waals surface area (Å²) < 4.78 is 5.18. The molecule has 1 heterocycles. The fraction of sp³-hybridized carbons (Fsp3) is 0.111. The number of ether oxygens (including phenoxy) is 1. The fourth-order valence-electron chi connectivity index (χ4n) is 2.42. The number of hydrogen-bond donors (Lipinski definition) is 1. The molecule has 1 saturated heterocycles. The van der Waals surface area contributed by atoms with Crippen molar-refractivity contribution in [3.63, 3.8) is 0 Å². The molecule has 116 valence electrons. The maximum absolute atomic E-state index is 12.1. The molecule has 3 amide bonds. The molecular formula is C18H16N2O3. The molecule has 0 aliphatic carbocycles. The van der Waals surface area contributed by atoms with Crippen molar-refractivity contribution in [1.82, 2.24) is 10.2 Å². The Bertz CT molecular complexity index is 769. The summed E-state index contributed by atoms with van der Waals surface area (Å²) in [4.78, 5) is 25.6. The summed E-state index contributed by atoms with van der Waals surface area (Å²) in [5.41, 5.74) is 2.07. The third-order valence-electron chi connectivity index (χ3n) is 3.57. The van der Waals surface area contributed by atoms with Crippen LogP contribution in [-0.2, 0) is 11.3 Å². The zero-order valence-corrected chi connectivity index (χ0v) is 12.7. The molecule has 23 heavy (non-hydrogen) atoms. The van der Waals surface area contributed by atoms with Gasteiger partial charge in [0, 0.05) is 0 Å². The van der Waals surface area contributed by atoms with E-state index in [9.17, 15) is 9.59 Å². The van der Waals surface area contributed by atoms with E-state index in [-0.39, 0.29) is 0 Å². The molecule has 0 aromatic heterocycles. The van der Waals surface area contributed by atoms with Gasteiger partial charge in [0.25, 0.3) is 5.91 Å². The van der Waals surface area contributed by atoms with Crippen molar-refractivity contribution in [2.24, 2.45) is 0 Å². The highest BCUT2D eigenvalue weighted by molar-refractivity contribution is 6.13. The monoisotopic (exact) mass is 308 g/mol. The van der Waals surface area contributed by atoms with Crippen LogP contribution in [0, 0.1) is 0 Å². The molecule has 1 aliphatic heterocycles. The van der Waals surface area contributed by atoms with E-state index in [2.05, 4.69) is 5.32 Å². The molecule has 3 rings (SSSR count). The van der Waals surface area contributed by atoms with E-state index < -0.39 is 11.9 Å². The molecule has 0 saturated carbocycles. The summed E-state index contributed by atoms with van der Waals surface area (Å²) in [7, 11) is 1.58. The Morgan fingerprint density at radius 1 is 1.09 bits per heavy atom. The largest absolute Gasteiger partial charge is 0.497 e. The number of urea groups is 1. The first kappa shape index (κ1) is 14.8. The minimum Gasteiger partial charge on any atom is -0.497 e. The molecule has 0 unspecified atom stereocenters. The van der Waals surface area contributed by atoms with Gasteiger partial charge in [0.05, 0.1) is 13.7 Å². The van der Waals surface area contributed by atoms with Crippen LogP contribution in [0.5, 0.6) is 5.75 Å². The number of methoxy groups -OCH3 is 1. The first-order valence-electron chi connectivity index (χ1n) is 7.20. The third-order valence-corrected chi connectivity index (χ3v) is 3.57. The van der Waals surface area contributed by atoms with Crippen LogP contribution in [0.3, 0.4) is 0 Å². The molecule has 5 nitrogen and oxygen atoms in total. The van der Waals surface area contributed by atoms with Crippen molar-refractivity contribution in [2.75, 3.05) is 7.11 Å². The van der Waals surface area contributed by atoms with Crippen molar-refractivity contribution in [2.45, 2.75) is 6.54 Å². The second kappa shape index (κ2) is 6.36. The second-order valence-electron chi connectivity index (χ2n) is 5.14. The number of amides is 3. The normalized spacial score (nSPS) is 15.9. The van der Waals surface area contributed by atoms with Crippen LogP contribution < -0.4 is 10.1 Å². The van der Waals surface area contributed by atoms with E-state index in [1.165, 1.54) is 4.90 Å². The van der Waals surface area contributed by atoms with E-state index in [0.29, 0.717) is 18.0 Å². The van der Waals surface area contributed by atoms with Gasteiger partial charge in [-0.3, -0.25) is 15.0 Å². The van der Waals surface area contributed by atoms with Crippen LogP contribution in [0.15, 0.2) is 60.3 Å². The van der Waals surface area contributed by atoms with Crippen LogP contribution in [0.2, 0.25) is 0 Å². The Balaban J connectivity index is 1.92. The van der Waals surface area contributed by atoms with Gasteiger partial charge in [-0.2, -0.15) is 0 Å². The van der Waals surface area contributed by atoms with Gasteiger partial charge in [-0.05, 0) is 29.3 Å². The van der Waals surface area contributed by atoms with Gasteiger partial charge in [-0.15, -0.1) is 0 Å². The van der Waals surface area contributed by atoms with Crippen LogP contribution in [0.4, 0.5) is 4.79 Å². The zero-order chi connectivity index (χ0) is 16.2. The average molecular weight is 308 g/mol. The lowest BCUT2D eigenvalue weighted by Gasteiger charge is -2.15. The summed E-state index contributed by atoms with van der Waals surface area (Å²) in [6.07, 6.45) is 1.69. The summed E-state index contributed by atoms with van der Waals surface area (Å²) >= 11 is 0. The Labute approximate surface area is 134 Å². The fourth-order valence-corrected chi connectivity index (χ4v) is 2.42. The maximum Gasteiger partial charge on any atom is 0.329 e. The highest BCUT2D eigenvalue weighted by Gasteiger charge is 2.32. The summed E-state index contributed by atoms with van der Waals surface area (Å²) in [6.45, 7) is 0.341. The van der Waals surface area contributed by atoms with Crippen LogP contribution >= 0.6 is 0 Å².